The Kier molecular flexibility index (Phi) is 4.34. The number of hydrogen-bond donors (Lipinski definition) is 2. The highest BCUT2D eigenvalue weighted by Gasteiger charge is 2.18. The number of rotatable bonds is 4. The summed E-state index contributed by atoms with van der Waals surface area (Å²) >= 11 is 0. The van der Waals surface area contributed by atoms with Crippen LogP contribution in [0, 0.1) is 5.82 Å². The highest BCUT2D eigenvalue weighted by atomic mass is 19.1. The molecule has 0 radical (unpaired) electrons. The van der Waals surface area contributed by atoms with Crippen molar-refractivity contribution in [1.82, 2.24) is 4.90 Å². The number of nitrogens with one attached hydrogen (secondary N) is 1. The standard InChI is InChI=1S/C13H17FN2O3/c1-16-4-5-19-10(8-16)7-15-12-3-2-9(13(17)18)6-11(12)14/h2-3,6,10,15H,4-5,7-8H2,1H3,(H,17,18). The van der Waals surface area contributed by atoms with Gasteiger partial charge in [0.25, 0.3) is 0 Å². The Hall–Kier alpha value is -1.66. The second-order valence-electron chi connectivity index (χ2n) is 4.64. The van der Waals surface area contributed by atoms with Crippen molar-refractivity contribution in [3.63, 3.8) is 0 Å². The van der Waals surface area contributed by atoms with Crippen LogP contribution >= 0.6 is 0 Å². The van der Waals surface area contributed by atoms with Crippen LogP contribution in [0.15, 0.2) is 18.2 Å². The van der Waals surface area contributed by atoms with Gasteiger partial charge in [-0.05, 0) is 25.2 Å². The van der Waals surface area contributed by atoms with E-state index in [1.165, 1.54) is 12.1 Å². The number of morpholine rings is 1. The van der Waals surface area contributed by atoms with Gasteiger partial charge in [-0.2, -0.15) is 0 Å². The molecule has 1 atom stereocenters. The molecule has 1 aromatic carbocycles. The molecule has 0 aromatic heterocycles. The first-order chi connectivity index (χ1) is 9.06. The molecule has 1 heterocycles. The molecule has 1 fully saturated rings. The number of halogens is 1. The molecule has 1 saturated heterocycles. The van der Waals surface area contributed by atoms with Gasteiger partial charge in [0, 0.05) is 19.6 Å². The molecule has 1 unspecified atom stereocenters. The van der Waals surface area contributed by atoms with Crippen LogP contribution in [0.4, 0.5) is 10.1 Å². The lowest BCUT2D eigenvalue weighted by Crippen LogP contribution is -2.43. The van der Waals surface area contributed by atoms with E-state index in [9.17, 15) is 9.18 Å². The number of aromatic carboxylic acids is 1. The average molecular weight is 268 g/mol. The van der Waals surface area contributed by atoms with Crippen molar-refractivity contribution in [1.29, 1.82) is 0 Å². The zero-order valence-corrected chi connectivity index (χ0v) is 10.7. The van der Waals surface area contributed by atoms with Crippen molar-refractivity contribution in [3.05, 3.63) is 29.6 Å². The van der Waals surface area contributed by atoms with E-state index in [1.54, 1.807) is 0 Å². The van der Waals surface area contributed by atoms with Gasteiger partial charge < -0.3 is 20.1 Å². The molecule has 2 N–H and O–H groups in total. The number of ether oxygens (including phenoxy) is 1. The largest absolute Gasteiger partial charge is 0.478 e. The zero-order valence-electron chi connectivity index (χ0n) is 10.7. The lowest BCUT2D eigenvalue weighted by molar-refractivity contribution is -0.0117. The lowest BCUT2D eigenvalue weighted by atomic mass is 10.2. The Morgan fingerprint density at radius 3 is 3.05 bits per heavy atom. The summed E-state index contributed by atoms with van der Waals surface area (Å²) in [5, 5.41) is 11.7. The smallest absolute Gasteiger partial charge is 0.335 e. The van der Waals surface area contributed by atoms with Gasteiger partial charge in [-0.25, -0.2) is 9.18 Å². The first-order valence-corrected chi connectivity index (χ1v) is 6.13. The highest BCUT2D eigenvalue weighted by Crippen LogP contribution is 2.16. The van der Waals surface area contributed by atoms with E-state index in [1.807, 2.05) is 7.05 Å². The Morgan fingerprint density at radius 1 is 1.63 bits per heavy atom. The van der Waals surface area contributed by atoms with Crippen LogP contribution in [0.3, 0.4) is 0 Å². The molecule has 104 valence electrons. The topological polar surface area (TPSA) is 61.8 Å². The molecule has 0 spiro atoms. The molecule has 0 bridgehead atoms. The fourth-order valence-electron chi connectivity index (χ4n) is 2.01. The molecule has 1 aliphatic rings. The third-order valence-electron chi connectivity index (χ3n) is 3.08. The van der Waals surface area contributed by atoms with E-state index < -0.39 is 11.8 Å². The average Bonchev–Trinajstić information content (AvgIpc) is 2.37. The van der Waals surface area contributed by atoms with E-state index in [-0.39, 0.29) is 11.7 Å². The van der Waals surface area contributed by atoms with Crippen LogP contribution in [-0.4, -0.2) is 55.4 Å². The summed E-state index contributed by atoms with van der Waals surface area (Å²) in [6.45, 7) is 2.86. The van der Waals surface area contributed by atoms with Crippen LogP contribution in [0.5, 0.6) is 0 Å². The number of carbonyl (C=O) groups is 1. The van der Waals surface area contributed by atoms with Crippen molar-refractivity contribution in [2.24, 2.45) is 0 Å². The summed E-state index contributed by atoms with van der Waals surface area (Å²) in [4.78, 5) is 12.8. The fourth-order valence-corrected chi connectivity index (χ4v) is 2.01. The summed E-state index contributed by atoms with van der Waals surface area (Å²) < 4.78 is 19.2. The number of anilines is 1. The Labute approximate surface area is 111 Å². The maximum atomic E-state index is 13.7. The maximum absolute atomic E-state index is 13.7. The van der Waals surface area contributed by atoms with Gasteiger partial charge in [0.15, 0.2) is 0 Å². The summed E-state index contributed by atoms with van der Waals surface area (Å²) in [6, 6.07) is 3.82. The number of hydrogen-bond acceptors (Lipinski definition) is 4. The predicted molar refractivity (Wildman–Crippen MR) is 69.1 cm³/mol. The van der Waals surface area contributed by atoms with E-state index in [4.69, 9.17) is 9.84 Å². The Bertz CT molecular complexity index is 467. The summed E-state index contributed by atoms with van der Waals surface area (Å²) in [5.41, 5.74) is 0.235. The van der Waals surface area contributed by atoms with Crippen LogP contribution in [0.2, 0.25) is 0 Å². The minimum atomic E-state index is -1.14. The van der Waals surface area contributed by atoms with Crippen LogP contribution in [-0.2, 0) is 4.74 Å². The summed E-state index contributed by atoms with van der Waals surface area (Å²) in [7, 11) is 2.01. The number of likely N-dealkylation sites (N-methyl/N-ethyl adjacent to an activating group) is 1. The summed E-state index contributed by atoms with van der Waals surface area (Å²) in [6.07, 6.45) is 0.0114. The molecular weight excluding hydrogens is 251 g/mol. The molecule has 0 aliphatic carbocycles. The predicted octanol–water partition coefficient (Wildman–Crippen LogP) is 1.27. The Balaban J connectivity index is 1.94. The number of benzene rings is 1. The third kappa shape index (κ3) is 3.65. The third-order valence-corrected chi connectivity index (χ3v) is 3.08. The van der Waals surface area contributed by atoms with Gasteiger partial charge in [0.05, 0.1) is 24.0 Å². The second kappa shape index (κ2) is 5.99. The number of carboxylic acid groups (broad SMARTS) is 1. The molecule has 1 aliphatic heterocycles. The molecule has 5 nitrogen and oxygen atoms in total. The zero-order chi connectivity index (χ0) is 13.8. The van der Waals surface area contributed by atoms with E-state index in [0.717, 1.165) is 19.2 Å². The monoisotopic (exact) mass is 268 g/mol. The van der Waals surface area contributed by atoms with E-state index in [2.05, 4.69) is 10.2 Å². The van der Waals surface area contributed by atoms with E-state index in [0.29, 0.717) is 18.8 Å². The van der Waals surface area contributed by atoms with Crippen molar-refractivity contribution in [3.8, 4) is 0 Å². The molecule has 0 saturated carbocycles. The quantitative estimate of drug-likeness (QED) is 0.861. The molecule has 2 rings (SSSR count). The SMILES string of the molecule is CN1CCOC(CNc2ccc(C(=O)O)cc2F)C1. The minimum Gasteiger partial charge on any atom is -0.478 e. The Morgan fingerprint density at radius 2 is 2.42 bits per heavy atom. The van der Waals surface area contributed by atoms with E-state index >= 15 is 0 Å². The van der Waals surface area contributed by atoms with Gasteiger partial charge >= 0.3 is 5.97 Å². The van der Waals surface area contributed by atoms with Crippen molar-refractivity contribution in [2.45, 2.75) is 6.10 Å². The second-order valence-corrected chi connectivity index (χ2v) is 4.64. The van der Waals surface area contributed by atoms with Crippen LogP contribution in [0.1, 0.15) is 10.4 Å². The van der Waals surface area contributed by atoms with Gasteiger partial charge in [0.1, 0.15) is 5.82 Å². The fraction of sp³-hybridized carbons (Fsp3) is 0.462. The van der Waals surface area contributed by atoms with Gasteiger partial charge in [0.2, 0.25) is 0 Å². The van der Waals surface area contributed by atoms with Crippen LogP contribution in [0.25, 0.3) is 0 Å². The van der Waals surface area contributed by atoms with Gasteiger partial charge in [-0.15, -0.1) is 0 Å². The van der Waals surface area contributed by atoms with Gasteiger partial charge in [-0.1, -0.05) is 0 Å². The van der Waals surface area contributed by atoms with Gasteiger partial charge in [-0.3, -0.25) is 0 Å². The molecule has 1 aromatic rings. The molecule has 19 heavy (non-hydrogen) atoms. The first-order valence-electron chi connectivity index (χ1n) is 6.13. The molecular formula is C13H17FN2O3. The minimum absolute atomic E-state index is 0.0114. The maximum Gasteiger partial charge on any atom is 0.335 e. The molecule has 0 amide bonds. The normalized spacial score (nSPS) is 20.2. The van der Waals surface area contributed by atoms with Crippen LogP contribution < -0.4 is 5.32 Å². The van der Waals surface area contributed by atoms with Crippen molar-refractivity contribution < 1.29 is 19.0 Å². The van der Waals surface area contributed by atoms with Crippen molar-refractivity contribution in [2.75, 3.05) is 38.6 Å². The number of carboxylic acids is 1. The first kappa shape index (κ1) is 13.8. The highest BCUT2D eigenvalue weighted by molar-refractivity contribution is 5.88. The number of nitrogens with zero attached hydrogens (tertiary/aromatic N) is 1. The summed E-state index contributed by atoms with van der Waals surface area (Å²) in [5.74, 6) is -1.70. The lowest BCUT2D eigenvalue weighted by Gasteiger charge is -2.30. The molecule has 6 heteroatoms. The van der Waals surface area contributed by atoms with Crippen molar-refractivity contribution >= 4 is 11.7 Å².